The molecule has 1 aliphatic rings. The van der Waals surface area contributed by atoms with E-state index in [0.29, 0.717) is 0 Å². The van der Waals surface area contributed by atoms with Gasteiger partial charge < -0.3 is 5.73 Å². The van der Waals surface area contributed by atoms with Crippen LogP contribution in [-0.4, -0.2) is 12.7 Å². The van der Waals surface area contributed by atoms with Gasteiger partial charge in [0.2, 0.25) is 0 Å². The van der Waals surface area contributed by atoms with Crippen LogP contribution < -0.4 is 11.1 Å². The zero-order chi connectivity index (χ0) is 3.70. The van der Waals surface area contributed by atoms with E-state index in [1.807, 2.05) is 0 Å². The molecule has 1 radical (unpaired) electrons. The Hall–Kier alpha value is -0.0800. The van der Waals surface area contributed by atoms with Crippen molar-refractivity contribution in [3.63, 3.8) is 0 Å². The van der Waals surface area contributed by atoms with E-state index in [1.165, 1.54) is 0 Å². The average molecular weight is 71.1 g/mol. The monoisotopic (exact) mass is 71.1 g/mol. The van der Waals surface area contributed by atoms with Crippen LogP contribution in [0.25, 0.3) is 0 Å². The summed E-state index contributed by atoms with van der Waals surface area (Å²) < 4.78 is 0. The molecule has 2 heteroatoms. The second kappa shape index (κ2) is 0.954. The molecule has 1 saturated heterocycles. The highest BCUT2D eigenvalue weighted by Gasteiger charge is 2.10. The van der Waals surface area contributed by atoms with E-state index in [1.54, 1.807) is 0 Å². The van der Waals surface area contributed by atoms with Crippen molar-refractivity contribution in [3.05, 3.63) is 0 Å². The number of nitrogens with two attached hydrogens (primary N) is 1. The molecule has 2 nitrogen and oxygen atoms in total. The molecule has 1 unspecified atom stereocenters. The molecule has 5 heavy (non-hydrogen) atoms. The maximum atomic E-state index is 5.21. The molecule has 1 rings (SSSR count). The number of rotatable bonds is 0. The van der Waals surface area contributed by atoms with Gasteiger partial charge in [-0.15, -0.1) is 0 Å². The molecule has 0 aromatic carbocycles. The minimum absolute atomic E-state index is 0.190. The lowest BCUT2D eigenvalue weighted by Crippen LogP contribution is -2.43. The molecule has 1 heterocycles. The number of hydrogen-bond donors (Lipinski definition) is 1. The van der Waals surface area contributed by atoms with E-state index in [4.69, 9.17) is 5.73 Å². The molecule has 0 amide bonds. The molecule has 0 saturated carbocycles. The fraction of sp³-hybridized carbons (Fsp3) is 1.00. The van der Waals surface area contributed by atoms with Gasteiger partial charge in [-0.1, -0.05) is 0 Å². The van der Waals surface area contributed by atoms with Gasteiger partial charge in [0.1, 0.15) is 0 Å². The van der Waals surface area contributed by atoms with Crippen molar-refractivity contribution in [1.29, 1.82) is 0 Å². The van der Waals surface area contributed by atoms with Crippen molar-refractivity contribution in [3.8, 4) is 0 Å². The summed E-state index contributed by atoms with van der Waals surface area (Å²) in [6, 6.07) is 0. The van der Waals surface area contributed by atoms with Crippen LogP contribution in [0.3, 0.4) is 0 Å². The Morgan fingerprint density at radius 1 is 1.80 bits per heavy atom. The van der Waals surface area contributed by atoms with Crippen LogP contribution in [0, 0.1) is 0 Å². The van der Waals surface area contributed by atoms with Gasteiger partial charge in [-0.3, -0.25) is 0 Å². The molecular weight excluding hydrogens is 64.0 g/mol. The van der Waals surface area contributed by atoms with E-state index in [-0.39, 0.29) is 6.17 Å². The summed E-state index contributed by atoms with van der Waals surface area (Å²) in [5.41, 5.74) is 5.21. The minimum atomic E-state index is 0.190. The van der Waals surface area contributed by atoms with Gasteiger partial charge in [0.25, 0.3) is 0 Å². The lowest BCUT2D eigenvalue weighted by Gasteiger charge is -2.19. The van der Waals surface area contributed by atoms with Crippen LogP contribution in [0.4, 0.5) is 0 Å². The van der Waals surface area contributed by atoms with Gasteiger partial charge in [0.15, 0.2) is 0 Å². The van der Waals surface area contributed by atoms with Crippen molar-refractivity contribution in [2.45, 2.75) is 12.6 Å². The summed E-state index contributed by atoms with van der Waals surface area (Å²) in [6.45, 7) is 0.987. The van der Waals surface area contributed by atoms with Gasteiger partial charge in [0.05, 0.1) is 6.17 Å². The molecular formula is C3H7N2. The normalized spacial score (nSPS) is 36.6. The Balaban J connectivity index is 2.08. The molecule has 0 aromatic rings. The van der Waals surface area contributed by atoms with Crippen LogP contribution in [0.5, 0.6) is 0 Å². The minimum Gasteiger partial charge on any atom is -0.315 e. The van der Waals surface area contributed by atoms with E-state index < -0.39 is 0 Å². The second-order valence-electron chi connectivity index (χ2n) is 1.26. The zero-order valence-electron chi connectivity index (χ0n) is 3.02. The Labute approximate surface area is 31.4 Å². The predicted molar refractivity (Wildman–Crippen MR) is 19.6 cm³/mol. The van der Waals surface area contributed by atoms with Gasteiger partial charge in [-0.05, 0) is 6.42 Å². The highest BCUT2D eigenvalue weighted by molar-refractivity contribution is 4.68. The predicted octanol–water partition coefficient (Wildman–Crippen LogP) is -0.721. The lowest BCUT2D eigenvalue weighted by molar-refractivity contribution is 0.371. The first kappa shape index (κ1) is 3.12. The maximum Gasteiger partial charge on any atom is 0.0723 e. The highest BCUT2D eigenvalue weighted by Crippen LogP contribution is 1.93. The fourth-order valence-corrected chi connectivity index (χ4v) is 0.278. The molecule has 29 valence electrons. The van der Waals surface area contributed by atoms with Crippen molar-refractivity contribution < 1.29 is 0 Å². The molecule has 0 aromatic heterocycles. The van der Waals surface area contributed by atoms with Crippen LogP contribution in [0.2, 0.25) is 0 Å². The first-order chi connectivity index (χ1) is 2.39. The summed E-state index contributed by atoms with van der Waals surface area (Å²) in [7, 11) is 0. The maximum absolute atomic E-state index is 5.21. The molecule has 1 atom stereocenters. The summed E-state index contributed by atoms with van der Waals surface area (Å²) in [5.74, 6) is 0. The summed E-state index contributed by atoms with van der Waals surface area (Å²) >= 11 is 0. The van der Waals surface area contributed by atoms with Crippen LogP contribution in [0.15, 0.2) is 0 Å². The molecule has 0 spiro atoms. The van der Waals surface area contributed by atoms with E-state index in [9.17, 15) is 0 Å². The average Bonchev–Trinajstić information content (AvgIpc) is 1.30. The van der Waals surface area contributed by atoms with E-state index in [2.05, 4.69) is 5.32 Å². The van der Waals surface area contributed by atoms with E-state index >= 15 is 0 Å². The smallest absolute Gasteiger partial charge is 0.0723 e. The Bertz CT molecular complexity index is 31.9. The molecule has 0 aliphatic carbocycles. The molecule has 0 bridgehead atoms. The topological polar surface area (TPSA) is 40.1 Å². The Kier molecular flexibility index (Phi) is 0.596. The second-order valence-corrected chi connectivity index (χ2v) is 1.26. The van der Waals surface area contributed by atoms with Crippen LogP contribution in [0.1, 0.15) is 6.42 Å². The SMILES string of the molecule is NC1CC[N]1. The Morgan fingerprint density at radius 2 is 2.20 bits per heavy atom. The van der Waals surface area contributed by atoms with Crippen molar-refractivity contribution >= 4 is 0 Å². The van der Waals surface area contributed by atoms with Gasteiger partial charge >= 0.3 is 0 Å². The number of nitrogens with zero attached hydrogens (tertiary/aromatic N) is 1. The third-order valence-electron chi connectivity index (χ3n) is 0.788. The van der Waals surface area contributed by atoms with Crippen LogP contribution in [-0.2, 0) is 0 Å². The molecule has 1 aliphatic heterocycles. The third kappa shape index (κ3) is 0.412. The lowest BCUT2D eigenvalue weighted by atomic mass is 10.2. The third-order valence-corrected chi connectivity index (χ3v) is 0.788. The van der Waals surface area contributed by atoms with Crippen molar-refractivity contribution in [2.75, 3.05) is 6.54 Å². The quantitative estimate of drug-likeness (QED) is 0.402. The fourth-order valence-electron chi connectivity index (χ4n) is 0.278. The summed E-state index contributed by atoms with van der Waals surface area (Å²) in [4.78, 5) is 0. The largest absolute Gasteiger partial charge is 0.315 e. The summed E-state index contributed by atoms with van der Waals surface area (Å²) in [6.07, 6.45) is 1.29. The Morgan fingerprint density at radius 3 is 2.20 bits per heavy atom. The first-order valence-electron chi connectivity index (χ1n) is 1.82. The first-order valence-corrected chi connectivity index (χ1v) is 1.82. The number of hydrogen-bond acceptors (Lipinski definition) is 1. The van der Waals surface area contributed by atoms with Crippen LogP contribution >= 0.6 is 0 Å². The zero-order valence-corrected chi connectivity index (χ0v) is 3.02. The molecule has 2 N–H and O–H groups in total. The van der Waals surface area contributed by atoms with Gasteiger partial charge in [-0.25, -0.2) is 5.32 Å². The molecule has 1 fully saturated rings. The van der Waals surface area contributed by atoms with Crippen molar-refractivity contribution in [2.24, 2.45) is 5.73 Å². The van der Waals surface area contributed by atoms with Gasteiger partial charge in [0, 0.05) is 6.54 Å². The van der Waals surface area contributed by atoms with Crippen molar-refractivity contribution in [1.82, 2.24) is 5.32 Å². The van der Waals surface area contributed by atoms with Gasteiger partial charge in [-0.2, -0.15) is 0 Å². The summed E-state index contributed by atoms with van der Waals surface area (Å²) in [5, 5.41) is 3.85. The van der Waals surface area contributed by atoms with E-state index in [0.717, 1.165) is 13.0 Å². The standard InChI is InChI=1S/C3H7N2/c4-3-1-2-5-3/h3H,1-2,4H2. The highest BCUT2D eigenvalue weighted by atomic mass is 15.1.